The van der Waals surface area contributed by atoms with Crippen LogP contribution in [0.1, 0.15) is 19.3 Å². The van der Waals surface area contributed by atoms with Gasteiger partial charge in [0.2, 0.25) is 0 Å². The van der Waals surface area contributed by atoms with Gasteiger partial charge in [-0.05, 0) is 41.3 Å². The third-order valence-electron chi connectivity index (χ3n) is 2.91. The monoisotopic (exact) mass is 345 g/mol. The molecule has 0 N–H and O–H groups in total. The fourth-order valence-corrected chi connectivity index (χ4v) is 2.38. The molecule has 1 aliphatic rings. The highest BCUT2D eigenvalue weighted by molar-refractivity contribution is 9.10. The summed E-state index contributed by atoms with van der Waals surface area (Å²) in [6.07, 6.45) is 3.00. The number of rotatable bonds is 6. The molecule has 0 aliphatic carbocycles. The van der Waals surface area contributed by atoms with Crippen LogP contribution in [0.15, 0.2) is 22.7 Å². The number of nitro benzene ring substituents is 1. The van der Waals surface area contributed by atoms with Crippen LogP contribution >= 0.6 is 15.9 Å². The van der Waals surface area contributed by atoms with Crippen LogP contribution in [0.4, 0.5) is 5.69 Å². The van der Waals surface area contributed by atoms with Crippen molar-refractivity contribution in [3.05, 3.63) is 32.8 Å². The van der Waals surface area contributed by atoms with E-state index in [0.717, 1.165) is 25.9 Å². The number of halogens is 1. The molecule has 0 saturated carbocycles. The van der Waals surface area contributed by atoms with Crippen LogP contribution in [0.2, 0.25) is 0 Å². The minimum Gasteiger partial charge on any atom is -0.490 e. The van der Waals surface area contributed by atoms with Gasteiger partial charge < -0.3 is 14.2 Å². The van der Waals surface area contributed by atoms with Crippen molar-refractivity contribution in [2.24, 2.45) is 0 Å². The van der Waals surface area contributed by atoms with Crippen LogP contribution in [0.3, 0.4) is 0 Å². The first-order chi connectivity index (χ1) is 9.66. The number of hydrogen-bond acceptors (Lipinski definition) is 5. The molecule has 1 saturated heterocycles. The Morgan fingerprint density at radius 1 is 1.40 bits per heavy atom. The molecule has 1 aromatic rings. The molecule has 1 unspecified atom stereocenters. The maximum atomic E-state index is 10.6. The Morgan fingerprint density at radius 2 is 2.25 bits per heavy atom. The van der Waals surface area contributed by atoms with E-state index in [2.05, 4.69) is 15.9 Å². The molecule has 110 valence electrons. The molecular weight excluding hydrogens is 330 g/mol. The van der Waals surface area contributed by atoms with Crippen LogP contribution in [-0.2, 0) is 9.47 Å². The summed E-state index contributed by atoms with van der Waals surface area (Å²) in [5.41, 5.74) is 0.0241. The molecular formula is C13H16BrNO5. The molecule has 0 radical (unpaired) electrons. The smallest absolute Gasteiger partial charge is 0.270 e. The lowest BCUT2D eigenvalue weighted by Gasteiger charge is -2.22. The Hall–Kier alpha value is -1.18. The van der Waals surface area contributed by atoms with Gasteiger partial charge in [0.15, 0.2) is 6.29 Å². The Balaban J connectivity index is 1.74. The molecule has 7 heteroatoms. The Bertz CT molecular complexity index is 462. The molecule has 1 aliphatic heterocycles. The highest BCUT2D eigenvalue weighted by atomic mass is 79.9. The minimum absolute atomic E-state index is 0.0241. The van der Waals surface area contributed by atoms with Crippen LogP contribution in [0.5, 0.6) is 5.75 Å². The highest BCUT2D eigenvalue weighted by Crippen LogP contribution is 2.29. The van der Waals surface area contributed by atoms with Crippen molar-refractivity contribution in [3.63, 3.8) is 0 Å². The summed E-state index contributed by atoms with van der Waals surface area (Å²) in [5.74, 6) is 0.559. The van der Waals surface area contributed by atoms with Gasteiger partial charge in [0.25, 0.3) is 5.69 Å². The second-order valence-electron chi connectivity index (χ2n) is 4.39. The average Bonchev–Trinajstić information content (AvgIpc) is 2.46. The SMILES string of the molecule is O=[N+]([O-])c1ccc(OCCOC2CCCCO2)c(Br)c1. The van der Waals surface area contributed by atoms with Crippen molar-refractivity contribution in [1.82, 2.24) is 0 Å². The molecule has 1 atom stereocenters. The van der Waals surface area contributed by atoms with Gasteiger partial charge in [0, 0.05) is 18.7 Å². The van der Waals surface area contributed by atoms with Crippen LogP contribution in [-0.4, -0.2) is 31.0 Å². The van der Waals surface area contributed by atoms with Crippen LogP contribution in [0, 0.1) is 10.1 Å². The lowest BCUT2D eigenvalue weighted by Crippen LogP contribution is -2.24. The maximum absolute atomic E-state index is 10.6. The summed E-state index contributed by atoms with van der Waals surface area (Å²) >= 11 is 3.25. The van der Waals surface area contributed by atoms with Crippen molar-refractivity contribution in [2.75, 3.05) is 19.8 Å². The highest BCUT2D eigenvalue weighted by Gasteiger charge is 2.14. The van der Waals surface area contributed by atoms with Crippen molar-refractivity contribution < 1.29 is 19.1 Å². The zero-order valence-electron chi connectivity index (χ0n) is 10.9. The molecule has 0 aromatic heterocycles. The normalized spacial score (nSPS) is 18.8. The van der Waals surface area contributed by atoms with E-state index in [4.69, 9.17) is 14.2 Å². The van der Waals surface area contributed by atoms with Gasteiger partial charge in [-0.15, -0.1) is 0 Å². The first kappa shape index (κ1) is 15.2. The Morgan fingerprint density at radius 3 is 2.90 bits per heavy atom. The molecule has 1 aromatic carbocycles. The molecule has 1 heterocycles. The first-order valence-corrected chi connectivity index (χ1v) is 7.26. The average molecular weight is 346 g/mol. The second kappa shape index (κ2) is 7.56. The molecule has 6 nitrogen and oxygen atoms in total. The number of ether oxygens (including phenoxy) is 3. The van der Waals surface area contributed by atoms with Crippen molar-refractivity contribution in [2.45, 2.75) is 25.6 Å². The zero-order valence-corrected chi connectivity index (χ0v) is 12.5. The standard InChI is InChI=1S/C13H16BrNO5/c14-11-9-10(15(16)17)4-5-12(11)18-7-8-20-13-3-1-2-6-19-13/h4-5,9,13H,1-3,6-8H2. The van der Waals surface area contributed by atoms with Crippen molar-refractivity contribution in [1.29, 1.82) is 0 Å². The zero-order chi connectivity index (χ0) is 14.4. The predicted molar refractivity (Wildman–Crippen MR) is 75.8 cm³/mol. The van der Waals surface area contributed by atoms with E-state index >= 15 is 0 Å². The van der Waals surface area contributed by atoms with Gasteiger partial charge in [-0.1, -0.05) is 0 Å². The second-order valence-corrected chi connectivity index (χ2v) is 5.24. The molecule has 0 bridgehead atoms. The first-order valence-electron chi connectivity index (χ1n) is 6.47. The summed E-state index contributed by atoms with van der Waals surface area (Å²) in [5, 5.41) is 10.6. The van der Waals surface area contributed by atoms with Gasteiger partial charge >= 0.3 is 0 Å². The molecule has 0 spiro atoms. The van der Waals surface area contributed by atoms with Gasteiger partial charge in [-0.2, -0.15) is 0 Å². The van der Waals surface area contributed by atoms with E-state index in [1.807, 2.05) is 0 Å². The van der Waals surface area contributed by atoms with Gasteiger partial charge in [-0.3, -0.25) is 10.1 Å². The lowest BCUT2D eigenvalue weighted by molar-refractivity contribution is -0.385. The van der Waals surface area contributed by atoms with E-state index in [-0.39, 0.29) is 12.0 Å². The Labute approximate surface area is 125 Å². The molecule has 20 heavy (non-hydrogen) atoms. The fourth-order valence-electron chi connectivity index (χ4n) is 1.89. The van der Waals surface area contributed by atoms with E-state index in [0.29, 0.717) is 23.4 Å². The number of benzene rings is 1. The largest absolute Gasteiger partial charge is 0.490 e. The number of non-ortho nitro benzene ring substituents is 1. The fraction of sp³-hybridized carbons (Fsp3) is 0.538. The van der Waals surface area contributed by atoms with Gasteiger partial charge in [0.1, 0.15) is 12.4 Å². The van der Waals surface area contributed by atoms with E-state index in [1.165, 1.54) is 12.1 Å². The van der Waals surface area contributed by atoms with E-state index in [1.54, 1.807) is 6.07 Å². The van der Waals surface area contributed by atoms with Gasteiger partial charge in [0.05, 0.1) is 16.0 Å². The molecule has 0 amide bonds. The van der Waals surface area contributed by atoms with Gasteiger partial charge in [-0.25, -0.2) is 0 Å². The maximum Gasteiger partial charge on any atom is 0.270 e. The minimum atomic E-state index is -0.446. The predicted octanol–water partition coefficient (Wildman–Crippen LogP) is 3.28. The summed E-state index contributed by atoms with van der Waals surface area (Å²) in [7, 11) is 0. The summed E-state index contributed by atoms with van der Waals surface area (Å²) in [6.45, 7) is 1.55. The topological polar surface area (TPSA) is 70.8 Å². The lowest BCUT2D eigenvalue weighted by atomic mass is 10.2. The summed E-state index contributed by atoms with van der Waals surface area (Å²) in [4.78, 5) is 10.2. The summed E-state index contributed by atoms with van der Waals surface area (Å²) < 4.78 is 17.0. The number of nitro groups is 1. The van der Waals surface area contributed by atoms with Crippen LogP contribution < -0.4 is 4.74 Å². The molecule has 2 rings (SSSR count). The van der Waals surface area contributed by atoms with Crippen molar-refractivity contribution >= 4 is 21.6 Å². The summed E-state index contributed by atoms with van der Waals surface area (Å²) in [6, 6.07) is 4.39. The molecule has 1 fully saturated rings. The number of nitrogens with zero attached hydrogens (tertiary/aromatic N) is 1. The van der Waals surface area contributed by atoms with E-state index in [9.17, 15) is 10.1 Å². The van der Waals surface area contributed by atoms with Crippen LogP contribution in [0.25, 0.3) is 0 Å². The third kappa shape index (κ3) is 4.43. The number of hydrogen-bond donors (Lipinski definition) is 0. The quantitative estimate of drug-likeness (QED) is 0.449. The van der Waals surface area contributed by atoms with Crippen molar-refractivity contribution in [3.8, 4) is 5.75 Å². The Kier molecular flexibility index (Phi) is 5.75. The van der Waals surface area contributed by atoms with E-state index < -0.39 is 4.92 Å². The third-order valence-corrected chi connectivity index (χ3v) is 3.53.